The van der Waals surface area contributed by atoms with E-state index in [1.807, 2.05) is 0 Å². The predicted octanol–water partition coefficient (Wildman–Crippen LogP) is 3.22. The number of nitrogens with one attached hydrogen (secondary N) is 1. The molecule has 4 heteroatoms. The van der Waals surface area contributed by atoms with Crippen LogP contribution in [0, 0.1) is 0 Å². The van der Waals surface area contributed by atoms with Crippen molar-refractivity contribution in [1.29, 1.82) is 0 Å². The van der Waals surface area contributed by atoms with Crippen LogP contribution in [0.1, 0.15) is 24.1 Å². The zero-order valence-electron chi connectivity index (χ0n) is 14.8. The van der Waals surface area contributed by atoms with Gasteiger partial charge in [0.05, 0.1) is 23.5 Å². The van der Waals surface area contributed by atoms with Crippen molar-refractivity contribution in [3.63, 3.8) is 0 Å². The van der Waals surface area contributed by atoms with Gasteiger partial charge in [0.1, 0.15) is 0 Å². The van der Waals surface area contributed by atoms with Crippen molar-refractivity contribution in [2.75, 3.05) is 24.6 Å². The second-order valence-electron chi connectivity index (χ2n) is 7.52. The average molecular weight is 342 g/mol. The van der Waals surface area contributed by atoms with Crippen molar-refractivity contribution in [3.05, 3.63) is 70.6 Å². The van der Waals surface area contributed by atoms with E-state index in [1.54, 1.807) is 0 Å². The molecule has 1 aliphatic carbocycles. The Morgan fingerprint density at radius 3 is 3.04 bits per heavy atom. The number of benzene rings is 1. The van der Waals surface area contributed by atoms with Gasteiger partial charge in [-0.05, 0) is 42.7 Å². The Bertz CT molecular complexity index is 1050. The number of aliphatic imine (C=N–C) groups is 1. The van der Waals surface area contributed by atoms with Crippen molar-refractivity contribution < 1.29 is 0 Å². The molecule has 4 heterocycles. The third-order valence-corrected chi connectivity index (χ3v) is 6.13. The fraction of sp³-hybridized carbons (Fsp3) is 0.318. The lowest BCUT2D eigenvalue weighted by Crippen LogP contribution is -2.44. The summed E-state index contributed by atoms with van der Waals surface area (Å²) in [5, 5.41) is 7.53. The van der Waals surface area contributed by atoms with Crippen LogP contribution < -0.4 is 10.3 Å². The number of allylic oxidation sites excluding steroid dienone is 4. The molecule has 0 amide bonds. The summed E-state index contributed by atoms with van der Waals surface area (Å²) in [6.45, 7) is 4.03. The molecule has 0 spiro atoms. The van der Waals surface area contributed by atoms with Gasteiger partial charge in [-0.15, -0.1) is 0 Å². The maximum atomic E-state index is 4.90. The normalized spacial score (nSPS) is 21.5. The number of hydrogen-bond donors (Lipinski definition) is 1. The van der Waals surface area contributed by atoms with E-state index in [0.717, 1.165) is 45.4 Å². The van der Waals surface area contributed by atoms with E-state index in [-0.39, 0.29) is 0 Å². The lowest BCUT2D eigenvalue weighted by molar-refractivity contribution is 0.553. The molecule has 130 valence electrons. The van der Waals surface area contributed by atoms with Crippen molar-refractivity contribution in [2.45, 2.75) is 25.8 Å². The van der Waals surface area contributed by atoms with Gasteiger partial charge in [-0.2, -0.15) is 0 Å². The molecule has 0 radical (unpaired) electrons. The Labute approximate surface area is 153 Å². The Kier molecular flexibility index (Phi) is 3.05. The van der Waals surface area contributed by atoms with Gasteiger partial charge in [0.25, 0.3) is 0 Å². The van der Waals surface area contributed by atoms with Gasteiger partial charge in [0, 0.05) is 36.2 Å². The average Bonchev–Trinajstić information content (AvgIpc) is 3.23. The third kappa shape index (κ3) is 1.96. The lowest BCUT2D eigenvalue weighted by atomic mass is 9.95. The number of fused-ring (bicyclic) bond motifs is 5. The Morgan fingerprint density at radius 2 is 2.04 bits per heavy atom. The molecule has 1 saturated heterocycles. The summed E-state index contributed by atoms with van der Waals surface area (Å²) in [5.41, 5.74) is 9.74. The van der Waals surface area contributed by atoms with E-state index in [2.05, 4.69) is 57.5 Å². The first kappa shape index (κ1) is 14.6. The maximum Gasteiger partial charge on any atom is 0.0701 e. The molecule has 2 aromatic rings. The number of rotatable bonds is 1. The Morgan fingerprint density at radius 1 is 1.08 bits per heavy atom. The molecule has 1 aromatic heterocycles. The second-order valence-corrected chi connectivity index (χ2v) is 7.52. The van der Waals surface area contributed by atoms with E-state index in [9.17, 15) is 0 Å². The highest BCUT2D eigenvalue weighted by Gasteiger charge is 2.31. The van der Waals surface area contributed by atoms with Gasteiger partial charge in [-0.3, -0.25) is 9.67 Å². The number of para-hydroxylation sites is 1. The van der Waals surface area contributed by atoms with Crippen LogP contribution in [0.4, 0.5) is 0 Å². The topological polar surface area (TPSA) is 32.6 Å². The SMILES string of the molecule is C1=CCC2=C3CN(n4c5c(c6ccccc64)CCNC5)CCC3=NC2=C1. The van der Waals surface area contributed by atoms with Crippen molar-refractivity contribution in [2.24, 2.45) is 4.99 Å². The van der Waals surface area contributed by atoms with Crippen LogP contribution in [0.2, 0.25) is 0 Å². The highest BCUT2D eigenvalue weighted by atomic mass is 15.6. The molecule has 6 rings (SSSR count). The minimum atomic E-state index is 0.960. The zero-order valence-corrected chi connectivity index (χ0v) is 14.8. The van der Waals surface area contributed by atoms with Crippen LogP contribution >= 0.6 is 0 Å². The summed E-state index contributed by atoms with van der Waals surface area (Å²) in [5.74, 6) is 0. The van der Waals surface area contributed by atoms with Crippen LogP contribution in [0.5, 0.6) is 0 Å². The summed E-state index contributed by atoms with van der Waals surface area (Å²) in [6, 6.07) is 8.90. The van der Waals surface area contributed by atoms with Gasteiger partial charge in [-0.1, -0.05) is 30.4 Å². The van der Waals surface area contributed by atoms with Gasteiger partial charge in [0.15, 0.2) is 0 Å². The summed E-state index contributed by atoms with van der Waals surface area (Å²) < 4.78 is 2.50. The molecule has 1 aromatic carbocycles. The predicted molar refractivity (Wildman–Crippen MR) is 106 cm³/mol. The number of aromatic nitrogens is 1. The molecule has 0 unspecified atom stereocenters. The lowest BCUT2D eigenvalue weighted by Gasteiger charge is -2.34. The van der Waals surface area contributed by atoms with Crippen molar-refractivity contribution in [3.8, 4) is 0 Å². The number of nitrogens with zero attached hydrogens (tertiary/aromatic N) is 3. The quantitative estimate of drug-likeness (QED) is 0.863. The maximum absolute atomic E-state index is 4.90. The standard InChI is InChI=1S/C22H22N4/c1-3-7-19-15(5-1)18-14-25(12-10-20(18)24-19)26-21-8-4-2-6-16(21)17-9-11-23-13-22(17)26/h1-4,6-8,23H,5,9-14H2. The summed E-state index contributed by atoms with van der Waals surface area (Å²) in [6.07, 6.45) is 9.73. The van der Waals surface area contributed by atoms with Crippen molar-refractivity contribution in [1.82, 2.24) is 9.99 Å². The molecule has 1 fully saturated rings. The Hall–Kier alpha value is -2.59. The molecule has 26 heavy (non-hydrogen) atoms. The van der Waals surface area contributed by atoms with E-state index in [0.29, 0.717) is 0 Å². The first-order valence-corrected chi connectivity index (χ1v) is 9.64. The van der Waals surface area contributed by atoms with Crippen LogP contribution in [-0.4, -0.2) is 30.0 Å². The first-order valence-electron chi connectivity index (χ1n) is 9.64. The fourth-order valence-electron chi connectivity index (χ4n) is 4.93. The molecule has 1 N–H and O–H groups in total. The second kappa shape index (κ2) is 5.45. The highest BCUT2D eigenvalue weighted by molar-refractivity contribution is 6.06. The van der Waals surface area contributed by atoms with Crippen LogP contribution in [0.3, 0.4) is 0 Å². The minimum Gasteiger partial charge on any atom is -0.311 e. The first-order chi connectivity index (χ1) is 12.9. The van der Waals surface area contributed by atoms with Crippen LogP contribution in [0.15, 0.2) is 64.3 Å². The van der Waals surface area contributed by atoms with Gasteiger partial charge in [0.2, 0.25) is 0 Å². The van der Waals surface area contributed by atoms with E-state index in [4.69, 9.17) is 4.99 Å². The van der Waals surface area contributed by atoms with Gasteiger partial charge >= 0.3 is 0 Å². The molecular formula is C22H22N4. The van der Waals surface area contributed by atoms with E-state index < -0.39 is 0 Å². The summed E-state index contributed by atoms with van der Waals surface area (Å²) in [7, 11) is 0. The number of piperidine rings is 1. The summed E-state index contributed by atoms with van der Waals surface area (Å²) >= 11 is 0. The van der Waals surface area contributed by atoms with Gasteiger partial charge in [-0.25, -0.2) is 0 Å². The summed E-state index contributed by atoms with van der Waals surface area (Å²) in [4.78, 5) is 4.90. The molecule has 0 saturated carbocycles. The van der Waals surface area contributed by atoms with E-state index >= 15 is 0 Å². The van der Waals surface area contributed by atoms with Crippen LogP contribution in [-0.2, 0) is 13.0 Å². The molecule has 3 aliphatic heterocycles. The van der Waals surface area contributed by atoms with Crippen molar-refractivity contribution >= 4 is 16.6 Å². The third-order valence-electron chi connectivity index (χ3n) is 6.13. The highest BCUT2D eigenvalue weighted by Crippen LogP contribution is 2.36. The molecule has 0 atom stereocenters. The Balaban J connectivity index is 1.48. The smallest absolute Gasteiger partial charge is 0.0701 e. The minimum absolute atomic E-state index is 0.960. The monoisotopic (exact) mass is 342 g/mol. The molecule has 4 nitrogen and oxygen atoms in total. The number of hydrogen-bond acceptors (Lipinski definition) is 3. The molecule has 4 aliphatic rings. The molecule has 0 bridgehead atoms. The van der Waals surface area contributed by atoms with E-state index in [1.165, 1.54) is 44.7 Å². The largest absolute Gasteiger partial charge is 0.311 e. The van der Waals surface area contributed by atoms with Gasteiger partial charge < -0.3 is 10.3 Å². The molecular weight excluding hydrogens is 320 g/mol. The van der Waals surface area contributed by atoms with Crippen LogP contribution in [0.25, 0.3) is 10.9 Å². The zero-order chi connectivity index (χ0) is 17.1. The fourth-order valence-corrected chi connectivity index (χ4v) is 4.93.